The van der Waals surface area contributed by atoms with Crippen LogP contribution in [-0.4, -0.2) is 0 Å². The highest BCUT2D eigenvalue weighted by Gasteiger charge is 2.04. The molecule has 1 nitrogen and oxygen atoms in total. The van der Waals surface area contributed by atoms with Gasteiger partial charge in [0.05, 0.1) is 0 Å². The second-order valence-corrected chi connectivity index (χ2v) is 5.31. The Hall–Kier alpha value is -1.47. The second kappa shape index (κ2) is 6.12. The lowest BCUT2D eigenvalue weighted by molar-refractivity contribution is 1.08. The minimum Gasteiger partial charge on any atom is -0.381 e. The van der Waals surface area contributed by atoms with Crippen molar-refractivity contribution in [2.45, 2.75) is 33.7 Å². The average molecular weight is 274 g/mol. The summed E-state index contributed by atoms with van der Waals surface area (Å²) in [5.41, 5.74) is 6.23. The predicted octanol–water partition coefficient (Wildman–Crippen LogP) is 5.13. The fraction of sp³-hybridized carbons (Fsp3) is 0.294. The summed E-state index contributed by atoms with van der Waals surface area (Å²) < 4.78 is 0. The number of hydrogen-bond donors (Lipinski definition) is 1. The summed E-state index contributed by atoms with van der Waals surface area (Å²) in [6.07, 6.45) is 1.04. The number of anilines is 1. The molecule has 2 rings (SSSR count). The zero-order chi connectivity index (χ0) is 13.8. The minimum atomic E-state index is 0.803. The Labute approximate surface area is 120 Å². The summed E-state index contributed by atoms with van der Waals surface area (Å²) in [6.45, 7) is 7.15. The largest absolute Gasteiger partial charge is 0.381 e. The predicted molar refractivity (Wildman–Crippen MR) is 84.1 cm³/mol. The van der Waals surface area contributed by atoms with Gasteiger partial charge in [-0.05, 0) is 48.6 Å². The average Bonchev–Trinajstić information content (AvgIpc) is 2.41. The van der Waals surface area contributed by atoms with Crippen molar-refractivity contribution in [3.8, 4) is 0 Å². The van der Waals surface area contributed by atoms with Crippen LogP contribution in [0.15, 0.2) is 36.4 Å². The summed E-state index contributed by atoms with van der Waals surface area (Å²) >= 11 is 6.16. The molecule has 100 valence electrons. The van der Waals surface area contributed by atoms with Crippen LogP contribution < -0.4 is 5.32 Å². The Balaban J connectivity index is 2.16. The van der Waals surface area contributed by atoms with Crippen LogP contribution >= 0.6 is 11.6 Å². The van der Waals surface area contributed by atoms with E-state index in [9.17, 15) is 0 Å². The van der Waals surface area contributed by atoms with E-state index in [0.29, 0.717) is 0 Å². The molecule has 0 saturated carbocycles. The first-order chi connectivity index (χ1) is 9.11. The number of rotatable bonds is 4. The summed E-state index contributed by atoms with van der Waals surface area (Å²) in [7, 11) is 0. The molecule has 0 aliphatic carbocycles. The third-order valence-electron chi connectivity index (χ3n) is 3.45. The molecule has 2 aromatic carbocycles. The molecule has 0 amide bonds. The van der Waals surface area contributed by atoms with Crippen molar-refractivity contribution in [1.82, 2.24) is 0 Å². The molecule has 0 heterocycles. The van der Waals surface area contributed by atoms with E-state index in [1.165, 1.54) is 22.4 Å². The van der Waals surface area contributed by atoms with Crippen LogP contribution in [0.2, 0.25) is 5.02 Å². The zero-order valence-corrected chi connectivity index (χ0v) is 12.5. The van der Waals surface area contributed by atoms with Gasteiger partial charge in [-0.25, -0.2) is 0 Å². The maximum atomic E-state index is 6.16. The topological polar surface area (TPSA) is 12.0 Å². The van der Waals surface area contributed by atoms with E-state index in [0.717, 1.165) is 23.6 Å². The van der Waals surface area contributed by atoms with Crippen LogP contribution in [0.4, 0.5) is 5.69 Å². The summed E-state index contributed by atoms with van der Waals surface area (Å²) in [4.78, 5) is 0. The second-order valence-electron chi connectivity index (χ2n) is 4.90. The molecule has 0 aliphatic heterocycles. The molecule has 0 aromatic heterocycles. The molecule has 1 N–H and O–H groups in total. The third-order valence-corrected chi connectivity index (χ3v) is 3.85. The van der Waals surface area contributed by atoms with E-state index in [2.05, 4.69) is 49.5 Å². The molecular formula is C17H20ClN. The molecule has 0 aliphatic rings. The quantitative estimate of drug-likeness (QED) is 0.814. The standard InChI is InChI=1S/C17H20ClN/c1-4-15-7-5-6-13(3)17(15)19-11-14-9-8-12(2)16(18)10-14/h5-10,19H,4,11H2,1-3H3. The Kier molecular flexibility index (Phi) is 4.49. The van der Waals surface area contributed by atoms with E-state index in [1.54, 1.807) is 0 Å². The Morgan fingerprint density at radius 2 is 1.84 bits per heavy atom. The number of hydrogen-bond acceptors (Lipinski definition) is 1. The summed E-state index contributed by atoms with van der Waals surface area (Å²) in [6, 6.07) is 12.7. The van der Waals surface area contributed by atoms with Crippen LogP contribution in [-0.2, 0) is 13.0 Å². The van der Waals surface area contributed by atoms with Gasteiger partial charge in [0.25, 0.3) is 0 Å². The van der Waals surface area contributed by atoms with Crippen molar-refractivity contribution >= 4 is 17.3 Å². The number of nitrogens with one attached hydrogen (secondary N) is 1. The molecule has 0 saturated heterocycles. The van der Waals surface area contributed by atoms with Gasteiger partial charge >= 0.3 is 0 Å². The molecule has 0 bridgehead atoms. The lowest BCUT2D eigenvalue weighted by Gasteiger charge is -2.14. The lowest BCUT2D eigenvalue weighted by atomic mass is 10.1. The molecule has 0 spiro atoms. The number of aryl methyl sites for hydroxylation is 3. The lowest BCUT2D eigenvalue weighted by Crippen LogP contribution is -2.04. The van der Waals surface area contributed by atoms with Gasteiger partial charge in [0.15, 0.2) is 0 Å². The highest BCUT2D eigenvalue weighted by atomic mass is 35.5. The van der Waals surface area contributed by atoms with E-state index < -0.39 is 0 Å². The first kappa shape index (κ1) is 14.0. The van der Waals surface area contributed by atoms with Gasteiger partial charge in [-0.1, -0.05) is 48.9 Å². The molecule has 0 atom stereocenters. The molecule has 19 heavy (non-hydrogen) atoms. The van der Waals surface area contributed by atoms with E-state index in [-0.39, 0.29) is 0 Å². The third kappa shape index (κ3) is 3.30. The normalized spacial score (nSPS) is 10.5. The highest BCUT2D eigenvalue weighted by molar-refractivity contribution is 6.31. The van der Waals surface area contributed by atoms with Crippen LogP contribution in [0, 0.1) is 13.8 Å². The molecule has 2 aromatic rings. The highest BCUT2D eigenvalue weighted by Crippen LogP contribution is 2.23. The molecule has 0 unspecified atom stereocenters. The van der Waals surface area contributed by atoms with Crippen molar-refractivity contribution in [1.29, 1.82) is 0 Å². The monoisotopic (exact) mass is 273 g/mol. The van der Waals surface area contributed by atoms with Gasteiger partial charge in [0.1, 0.15) is 0 Å². The van der Waals surface area contributed by atoms with Gasteiger partial charge in [-0.2, -0.15) is 0 Å². The van der Waals surface area contributed by atoms with Gasteiger partial charge in [0.2, 0.25) is 0 Å². The minimum absolute atomic E-state index is 0.803. The van der Waals surface area contributed by atoms with Crippen molar-refractivity contribution in [3.63, 3.8) is 0 Å². The van der Waals surface area contributed by atoms with Crippen molar-refractivity contribution in [2.75, 3.05) is 5.32 Å². The molecule has 2 heteroatoms. The van der Waals surface area contributed by atoms with Crippen molar-refractivity contribution < 1.29 is 0 Å². The smallest absolute Gasteiger partial charge is 0.0438 e. The van der Waals surface area contributed by atoms with Crippen molar-refractivity contribution in [3.05, 3.63) is 63.7 Å². The van der Waals surface area contributed by atoms with Gasteiger partial charge in [-0.15, -0.1) is 0 Å². The van der Waals surface area contributed by atoms with E-state index in [1.807, 2.05) is 13.0 Å². The Morgan fingerprint density at radius 1 is 1.05 bits per heavy atom. The number of benzene rings is 2. The van der Waals surface area contributed by atoms with Gasteiger partial charge in [0, 0.05) is 17.3 Å². The molecule has 0 radical (unpaired) electrons. The number of halogens is 1. The van der Waals surface area contributed by atoms with Gasteiger partial charge in [-0.3, -0.25) is 0 Å². The maximum absolute atomic E-state index is 6.16. The fourth-order valence-corrected chi connectivity index (χ4v) is 2.42. The maximum Gasteiger partial charge on any atom is 0.0438 e. The Morgan fingerprint density at radius 3 is 2.53 bits per heavy atom. The number of para-hydroxylation sites is 1. The van der Waals surface area contributed by atoms with Crippen LogP contribution in [0.25, 0.3) is 0 Å². The van der Waals surface area contributed by atoms with Crippen molar-refractivity contribution in [2.24, 2.45) is 0 Å². The van der Waals surface area contributed by atoms with Crippen LogP contribution in [0.1, 0.15) is 29.2 Å². The van der Waals surface area contributed by atoms with Crippen LogP contribution in [0.3, 0.4) is 0 Å². The first-order valence-corrected chi connectivity index (χ1v) is 7.07. The SMILES string of the molecule is CCc1cccc(C)c1NCc1ccc(C)c(Cl)c1. The molecular weight excluding hydrogens is 254 g/mol. The van der Waals surface area contributed by atoms with E-state index >= 15 is 0 Å². The molecule has 0 fully saturated rings. The van der Waals surface area contributed by atoms with E-state index in [4.69, 9.17) is 11.6 Å². The first-order valence-electron chi connectivity index (χ1n) is 6.69. The summed E-state index contributed by atoms with van der Waals surface area (Å²) in [5, 5.41) is 4.37. The Bertz CT molecular complexity index is 575. The van der Waals surface area contributed by atoms with Crippen LogP contribution in [0.5, 0.6) is 0 Å². The zero-order valence-electron chi connectivity index (χ0n) is 11.8. The summed E-state index contributed by atoms with van der Waals surface area (Å²) in [5.74, 6) is 0. The fourth-order valence-electron chi connectivity index (χ4n) is 2.21. The van der Waals surface area contributed by atoms with Gasteiger partial charge < -0.3 is 5.32 Å².